The molecule has 2 N–H and O–H groups in total. The van der Waals surface area contributed by atoms with Crippen LogP contribution in [0.5, 0.6) is 0 Å². The van der Waals surface area contributed by atoms with Crippen molar-refractivity contribution < 1.29 is 14.7 Å². The molecule has 0 bridgehead atoms. The van der Waals surface area contributed by atoms with Crippen molar-refractivity contribution in [1.82, 2.24) is 10.2 Å². The van der Waals surface area contributed by atoms with Gasteiger partial charge in [-0.25, -0.2) is 4.79 Å². The first kappa shape index (κ1) is 11.4. The van der Waals surface area contributed by atoms with Crippen LogP contribution in [-0.2, 0) is 9.59 Å². The molecule has 0 aliphatic carbocycles. The average Bonchev–Trinajstić information content (AvgIpc) is 2.78. The quantitative estimate of drug-likeness (QED) is 0.698. The summed E-state index contributed by atoms with van der Waals surface area (Å²) in [6.45, 7) is 2.26. The number of nitrogens with zero attached hydrogens (tertiary/aromatic N) is 1. The van der Waals surface area contributed by atoms with Gasteiger partial charge in [0.15, 0.2) is 0 Å². The highest BCUT2D eigenvalue weighted by Gasteiger charge is 2.37. The second kappa shape index (κ2) is 4.82. The van der Waals surface area contributed by atoms with Crippen LogP contribution in [0.15, 0.2) is 0 Å². The number of hydrogen-bond donors (Lipinski definition) is 2. The lowest BCUT2D eigenvalue weighted by Gasteiger charge is -2.29. The number of amides is 1. The Labute approximate surface area is 94.8 Å². The van der Waals surface area contributed by atoms with Gasteiger partial charge in [0.25, 0.3) is 0 Å². The number of likely N-dealkylation sites (tertiary alicyclic amines) is 1. The fraction of sp³-hybridized carbons (Fsp3) is 0.818. The maximum Gasteiger partial charge on any atom is 0.326 e. The Morgan fingerprint density at radius 1 is 1.25 bits per heavy atom. The number of aliphatic carboxylic acids is 1. The molecule has 0 aromatic rings. The number of carboxylic acids is 1. The van der Waals surface area contributed by atoms with Gasteiger partial charge in [0.2, 0.25) is 5.91 Å². The zero-order chi connectivity index (χ0) is 11.5. The Bertz CT molecular complexity index is 287. The number of carbonyl (C=O) groups excluding carboxylic acids is 1. The predicted molar refractivity (Wildman–Crippen MR) is 58.0 cm³/mol. The zero-order valence-electron chi connectivity index (χ0n) is 9.32. The molecule has 5 heteroatoms. The van der Waals surface area contributed by atoms with Crippen LogP contribution in [-0.4, -0.2) is 47.6 Å². The minimum atomic E-state index is -0.866. The molecule has 0 saturated carbocycles. The van der Waals surface area contributed by atoms with Gasteiger partial charge >= 0.3 is 5.97 Å². The first-order valence-electron chi connectivity index (χ1n) is 5.94. The van der Waals surface area contributed by atoms with Crippen LogP contribution < -0.4 is 5.32 Å². The predicted octanol–water partition coefficient (Wildman–Crippen LogP) is 0.0616. The minimum Gasteiger partial charge on any atom is -0.480 e. The summed E-state index contributed by atoms with van der Waals surface area (Å²) in [6, 6.07) is -0.588. The van der Waals surface area contributed by atoms with Gasteiger partial charge in [-0.05, 0) is 32.2 Å². The molecule has 0 radical (unpaired) electrons. The molecule has 0 aromatic carbocycles. The van der Waals surface area contributed by atoms with E-state index in [0.717, 1.165) is 25.8 Å². The van der Waals surface area contributed by atoms with E-state index in [4.69, 9.17) is 5.11 Å². The van der Waals surface area contributed by atoms with Crippen LogP contribution in [0, 0.1) is 5.92 Å². The van der Waals surface area contributed by atoms with Crippen LogP contribution in [0.2, 0.25) is 0 Å². The summed E-state index contributed by atoms with van der Waals surface area (Å²) >= 11 is 0. The van der Waals surface area contributed by atoms with E-state index in [9.17, 15) is 9.59 Å². The maximum atomic E-state index is 12.1. The smallest absolute Gasteiger partial charge is 0.326 e. The molecule has 1 amide bonds. The van der Waals surface area contributed by atoms with Crippen LogP contribution >= 0.6 is 0 Å². The average molecular weight is 226 g/mol. The monoisotopic (exact) mass is 226 g/mol. The van der Waals surface area contributed by atoms with E-state index in [1.165, 1.54) is 0 Å². The lowest BCUT2D eigenvalue weighted by Crippen LogP contribution is -2.47. The van der Waals surface area contributed by atoms with Gasteiger partial charge < -0.3 is 15.3 Å². The third-order valence-corrected chi connectivity index (χ3v) is 3.47. The van der Waals surface area contributed by atoms with Gasteiger partial charge in [-0.1, -0.05) is 0 Å². The van der Waals surface area contributed by atoms with Gasteiger partial charge in [-0.2, -0.15) is 0 Å². The SMILES string of the molecule is O=C(O)[C@@H]1CCCN1C(=O)[C@@H]1CCCNC1. The summed E-state index contributed by atoms with van der Waals surface area (Å²) in [5.41, 5.74) is 0. The Hall–Kier alpha value is -1.10. The van der Waals surface area contributed by atoms with Gasteiger partial charge in [0, 0.05) is 13.1 Å². The molecule has 2 aliphatic heterocycles. The summed E-state index contributed by atoms with van der Waals surface area (Å²) in [7, 11) is 0. The molecule has 2 saturated heterocycles. The Morgan fingerprint density at radius 2 is 2.06 bits per heavy atom. The molecule has 2 fully saturated rings. The number of rotatable bonds is 2. The highest BCUT2D eigenvalue weighted by Crippen LogP contribution is 2.22. The maximum absolute atomic E-state index is 12.1. The van der Waals surface area contributed by atoms with E-state index in [1.54, 1.807) is 4.90 Å². The summed E-state index contributed by atoms with van der Waals surface area (Å²) < 4.78 is 0. The molecule has 2 aliphatic rings. The lowest BCUT2D eigenvalue weighted by atomic mass is 9.98. The minimum absolute atomic E-state index is 0.0197. The van der Waals surface area contributed by atoms with Crippen molar-refractivity contribution in [3.63, 3.8) is 0 Å². The third kappa shape index (κ3) is 2.19. The fourth-order valence-electron chi connectivity index (χ4n) is 2.58. The molecule has 16 heavy (non-hydrogen) atoms. The number of piperidine rings is 1. The summed E-state index contributed by atoms with van der Waals surface area (Å²) in [4.78, 5) is 24.7. The standard InChI is InChI=1S/C11H18N2O3/c14-10(8-3-1-5-12-7-8)13-6-2-4-9(13)11(15)16/h8-9,12H,1-7H2,(H,15,16)/t8-,9+/m1/s1. The topological polar surface area (TPSA) is 69.6 Å². The number of hydrogen-bond acceptors (Lipinski definition) is 3. The molecule has 0 aromatic heterocycles. The second-order valence-corrected chi connectivity index (χ2v) is 4.57. The fourth-order valence-corrected chi connectivity index (χ4v) is 2.58. The molecule has 2 rings (SSSR count). The molecular weight excluding hydrogens is 208 g/mol. The van der Waals surface area contributed by atoms with Crippen LogP contribution in [0.4, 0.5) is 0 Å². The Morgan fingerprint density at radius 3 is 2.69 bits per heavy atom. The molecule has 90 valence electrons. The van der Waals surface area contributed by atoms with Crippen molar-refractivity contribution in [3.05, 3.63) is 0 Å². The van der Waals surface area contributed by atoms with Crippen molar-refractivity contribution in [2.24, 2.45) is 5.92 Å². The molecule has 0 unspecified atom stereocenters. The summed E-state index contributed by atoms with van der Waals surface area (Å²) in [5.74, 6) is -0.861. The number of carbonyl (C=O) groups is 2. The van der Waals surface area contributed by atoms with Gasteiger partial charge in [0.05, 0.1) is 5.92 Å². The van der Waals surface area contributed by atoms with E-state index in [1.807, 2.05) is 0 Å². The normalized spacial score (nSPS) is 30.4. The molecule has 2 atom stereocenters. The summed E-state index contributed by atoms with van der Waals surface area (Å²) in [5, 5.41) is 12.2. The van der Waals surface area contributed by atoms with Crippen molar-refractivity contribution in [1.29, 1.82) is 0 Å². The van der Waals surface area contributed by atoms with Crippen molar-refractivity contribution >= 4 is 11.9 Å². The first-order valence-corrected chi connectivity index (χ1v) is 5.94. The van der Waals surface area contributed by atoms with Crippen LogP contribution in [0.25, 0.3) is 0 Å². The van der Waals surface area contributed by atoms with Gasteiger partial charge in [-0.15, -0.1) is 0 Å². The largest absolute Gasteiger partial charge is 0.480 e. The van der Waals surface area contributed by atoms with Gasteiger partial charge in [0.1, 0.15) is 6.04 Å². The summed E-state index contributed by atoms with van der Waals surface area (Å²) in [6.07, 6.45) is 3.29. The molecule has 2 heterocycles. The van der Waals surface area contributed by atoms with E-state index in [2.05, 4.69) is 5.32 Å². The number of carboxylic acid groups (broad SMARTS) is 1. The van der Waals surface area contributed by atoms with Crippen LogP contribution in [0.3, 0.4) is 0 Å². The Kier molecular flexibility index (Phi) is 3.43. The van der Waals surface area contributed by atoms with Crippen LogP contribution in [0.1, 0.15) is 25.7 Å². The second-order valence-electron chi connectivity index (χ2n) is 4.57. The zero-order valence-corrected chi connectivity index (χ0v) is 9.32. The van der Waals surface area contributed by atoms with E-state index in [-0.39, 0.29) is 11.8 Å². The third-order valence-electron chi connectivity index (χ3n) is 3.47. The van der Waals surface area contributed by atoms with E-state index < -0.39 is 12.0 Å². The van der Waals surface area contributed by atoms with Crippen molar-refractivity contribution in [2.75, 3.05) is 19.6 Å². The van der Waals surface area contributed by atoms with E-state index in [0.29, 0.717) is 19.5 Å². The highest BCUT2D eigenvalue weighted by molar-refractivity contribution is 5.85. The van der Waals surface area contributed by atoms with Gasteiger partial charge in [-0.3, -0.25) is 4.79 Å². The van der Waals surface area contributed by atoms with Crippen molar-refractivity contribution in [2.45, 2.75) is 31.7 Å². The molecule has 0 spiro atoms. The highest BCUT2D eigenvalue weighted by atomic mass is 16.4. The molecule has 5 nitrogen and oxygen atoms in total. The molecular formula is C11H18N2O3. The lowest BCUT2D eigenvalue weighted by molar-refractivity contribution is -0.150. The first-order chi connectivity index (χ1) is 7.70. The van der Waals surface area contributed by atoms with E-state index >= 15 is 0 Å². The van der Waals surface area contributed by atoms with Crippen molar-refractivity contribution in [3.8, 4) is 0 Å². The number of nitrogens with one attached hydrogen (secondary N) is 1. The Balaban J connectivity index is 1.99.